The van der Waals surface area contributed by atoms with E-state index in [0.717, 1.165) is 5.56 Å². The molecule has 10 heteroatoms. The quantitative estimate of drug-likeness (QED) is 0.409. The fourth-order valence-electron chi connectivity index (χ4n) is 3.07. The van der Waals surface area contributed by atoms with Gasteiger partial charge in [0.1, 0.15) is 6.61 Å². The van der Waals surface area contributed by atoms with Crippen molar-refractivity contribution in [3.63, 3.8) is 0 Å². The Hall–Kier alpha value is -3.85. The fraction of sp³-hybridized carbons (Fsp3) is 0.182. The Morgan fingerprint density at radius 1 is 1.03 bits per heavy atom. The lowest BCUT2D eigenvalue weighted by Gasteiger charge is -2.09. The average molecular weight is 454 g/mol. The molecule has 4 aromatic rings. The van der Waals surface area contributed by atoms with Gasteiger partial charge in [-0.05, 0) is 36.4 Å². The number of hydrogen-bond acceptors (Lipinski definition) is 7. The number of methoxy groups -OCH3 is 2. The summed E-state index contributed by atoms with van der Waals surface area (Å²) in [4.78, 5) is 12.2. The first-order chi connectivity index (χ1) is 15.6. The summed E-state index contributed by atoms with van der Waals surface area (Å²) < 4.78 is 17.9. The van der Waals surface area contributed by atoms with Crippen molar-refractivity contribution in [1.82, 2.24) is 25.1 Å². The van der Waals surface area contributed by atoms with Gasteiger partial charge in [0.25, 0.3) is 5.91 Å². The van der Waals surface area contributed by atoms with E-state index < -0.39 is 0 Å². The molecule has 9 nitrogen and oxygen atoms in total. The van der Waals surface area contributed by atoms with Crippen LogP contribution in [0.1, 0.15) is 10.4 Å². The summed E-state index contributed by atoms with van der Waals surface area (Å²) in [5.74, 6) is 1.81. The maximum Gasteiger partial charge on any atom is 0.252 e. The van der Waals surface area contributed by atoms with E-state index in [1.165, 1.54) is 0 Å². The SMILES string of the molecule is COc1ccc(-c2nnc3ccc(OCCNC(=O)c4ccccc4Cl)nn23)cc1OC. The number of nitrogens with zero attached hydrogens (tertiary/aromatic N) is 4. The molecule has 0 bridgehead atoms. The lowest BCUT2D eigenvalue weighted by Crippen LogP contribution is -2.28. The summed E-state index contributed by atoms with van der Waals surface area (Å²) in [7, 11) is 3.14. The molecule has 0 spiro atoms. The van der Waals surface area contributed by atoms with E-state index in [4.69, 9.17) is 25.8 Å². The largest absolute Gasteiger partial charge is 0.493 e. The van der Waals surface area contributed by atoms with Gasteiger partial charge in [-0.15, -0.1) is 15.3 Å². The number of aromatic nitrogens is 4. The number of halogens is 1. The highest BCUT2D eigenvalue weighted by Crippen LogP contribution is 2.31. The van der Waals surface area contributed by atoms with Gasteiger partial charge in [-0.2, -0.15) is 4.52 Å². The summed E-state index contributed by atoms with van der Waals surface area (Å²) in [5.41, 5.74) is 1.73. The van der Waals surface area contributed by atoms with Gasteiger partial charge in [-0.1, -0.05) is 23.7 Å². The smallest absolute Gasteiger partial charge is 0.252 e. The van der Waals surface area contributed by atoms with E-state index in [1.807, 2.05) is 6.07 Å². The van der Waals surface area contributed by atoms with Crippen molar-refractivity contribution in [2.75, 3.05) is 27.4 Å². The van der Waals surface area contributed by atoms with Gasteiger partial charge in [0, 0.05) is 11.6 Å². The van der Waals surface area contributed by atoms with Crippen molar-refractivity contribution in [3.8, 4) is 28.8 Å². The van der Waals surface area contributed by atoms with Crippen molar-refractivity contribution >= 4 is 23.2 Å². The molecule has 0 aliphatic heterocycles. The van der Waals surface area contributed by atoms with Crippen molar-refractivity contribution in [2.45, 2.75) is 0 Å². The lowest BCUT2D eigenvalue weighted by atomic mass is 10.2. The molecule has 2 aromatic heterocycles. The number of ether oxygens (including phenoxy) is 3. The van der Waals surface area contributed by atoms with Crippen LogP contribution in [0.25, 0.3) is 17.0 Å². The van der Waals surface area contributed by atoms with Gasteiger partial charge in [0.15, 0.2) is 23.0 Å². The Morgan fingerprint density at radius 2 is 1.84 bits per heavy atom. The van der Waals surface area contributed by atoms with Crippen LogP contribution < -0.4 is 19.5 Å². The second-order valence-electron chi connectivity index (χ2n) is 6.62. The molecule has 0 fully saturated rings. The molecule has 0 saturated carbocycles. The molecule has 164 valence electrons. The minimum absolute atomic E-state index is 0.225. The predicted octanol–water partition coefficient (Wildman–Crippen LogP) is 3.27. The molecule has 0 saturated heterocycles. The maximum atomic E-state index is 12.2. The van der Waals surface area contributed by atoms with E-state index in [0.29, 0.717) is 39.4 Å². The number of nitrogens with one attached hydrogen (secondary N) is 1. The molecule has 1 amide bonds. The minimum Gasteiger partial charge on any atom is -0.493 e. The molecule has 32 heavy (non-hydrogen) atoms. The zero-order chi connectivity index (χ0) is 22.5. The average Bonchev–Trinajstić information content (AvgIpc) is 3.24. The molecule has 0 aliphatic carbocycles. The van der Waals surface area contributed by atoms with Gasteiger partial charge in [0.2, 0.25) is 5.88 Å². The number of rotatable bonds is 8. The van der Waals surface area contributed by atoms with Crippen LogP contribution in [0.15, 0.2) is 54.6 Å². The lowest BCUT2D eigenvalue weighted by molar-refractivity contribution is 0.0946. The van der Waals surface area contributed by atoms with Crippen LogP contribution in [0.5, 0.6) is 17.4 Å². The number of carbonyl (C=O) groups excluding carboxylic acids is 1. The van der Waals surface area contributed by atoms with Gasteiger partial charge >= 0.3 is 0 Å². The third kappa shape index (κ3) is 4.42. The number of amides is 1. The molecule has 2 aromatic carbocycles. The highest BCUT2D eigenvalue weighted by Gasteiger charge is 2.14. The second-order valence-corrected chi connectivity index (χ2v) is 7.03. The van der Waals surface area contributed by atoms with Crippen LogP contribution in [0.3, 0.4) is 0 Å². The number of fused-ring (bicyclic) bond motifs is 1. The molecule has 0 aliphatic rings. The molecule has 1 N–H and O–H groups in total. The zero-order valence-electron chi connectivity index (χ0n) is 17.4. The molecule has 4 rings (SSSR count). The minimum atomic E-state index is -0.267. The van der Waals surface area contributed by atoms with E-state index in [9.17, 15) is 4.79 Å². The molecular formula is C22H20ClN5O4. The highest BCUT2D eigenvalue weighted by atomic mass is 35.5. The van der Waals surface area contributed by atoms with Crippen LogP contribution in [-0.2, 0) is 0 Å². The normalized spacial score (nSPS) is 10.7. The van der Waals surface area contributed by atoms with Crippen LogP contribution >= 0.6 is 11.6 Å². The molecule has 0 radical (unpaired) electrons. The van der Waals surface area contributed by atoms with Crippen molar-refractivity contribution in [2.24, 2.45) is 0 Å². The molecule has 2 heterocycles. The van der Waals surface area contributed by atoms with Crippen molar-refractivity contribution < 1.29 is 19.0 Å². The van der Waals surface area contributed by atoms with Crippen LogP contribution in [0.4, 0.5) is 0 Å². The van der Waals surface area contributed by atoms with E-state index >= 15 is 0 Å². The third-order valence-electron chi connectivity index (χ3n) is 4.64. The first kappa shape index (κ1) is 21.4. The molecular weight excluding hydrogens is 434 g/mol. The van der Waals surface area contributed by atoms with Crippen LogP contribution in [0, 0.1) is 0 Å². The van der Waals surface area contributed by atoms with E-state index in [1.54, 1.807) is 67.3 Å². The zero-order valence-corrected chi connectivity index (χ0v) is 18.2. The van der Waals surface area contributed by atoms with Gasteiger partial charge in [-0.3, -0.25) is 4.79 Å². The van der Waals surface area contributed by atoms with Crippen LogP contribution in [-0.4, -0.2) is 53.1 Å². The summed E-state index contributed by atoms with van der Waals surface area (Å²) in [6.45, 7) is 0.511. The molecule has 0 atom stereocenters. The summed E-state index contributed by atoms with van der Waals surface area (Å²) in [6, 6.07) is 15.7. The molecule has 0 unspecified atom stereocenters. The van der Waals surface area contributed by atoms with E-state index in [-0.39, 0.29) is 19.1 Å². The summed E-state index contributed by atoms with van der Waals surface area (Å²) in [6.07, 6.45) is 0. The first-order valence-electron chi connectivity index (χ1n) is 9.71. The third-order valence-corrected chi connectivity index (χ3v) is 4.97. The van der Waals surface area contributed by atoms with Gasteiger partial charge in [-0.25, -0.2) is 0 Å². The second kappa shape index (κ2) is 9.52. The number of carbonyl (C=O) groups is 1. The Bertz CT molecular complexity index is 1260. The fourth-order valence-corrected chi connectivity index (χ4v) is 3.29. The Morgan fingerprint density at radius 3 is 2.62 bits per heavy atom. The van der Waals surface area contributed by atoms with Gasteiger partial charge < -0.3 is 19.5 Å². The Balaban J connectivity index is 1.45. The number of hydrogen-bond donors (Lipinski definition) is 1. The first-order valence-corrected chi connectivity index (χ1v) is 10.1. The van der Waals surface area contributed by atoms with Crippen molar-refractivity contribution in [3.05, 3.63) is 65.2 Å². The van der Waals surface area contributed by atoms with Gasteiger partial charge in [0.05, 0.1) is 31.4 Å². The van der Waals surface area contributed by atoms with Crippen molar-refractivity contribution in [1.29, 1.82) is 0 Å². The van der Waals surface area contributed by atoms with Crippen LogP contribution in [0.2, 0.25) is 5.02 Å². The topological polar surface area (TPSA) is 99.9 Å². The number of benzene rings is 2. The van der Waals surface area contributed by atoms with E-state index in [2.05, 4.69) is 20.6 Å². The Labute approximate surface area is 188 Å². The predicted molar refractivity (Wildman–Crippen MR) is 119 cm³/mol. The maximum absolute atomic E-state index is 12.2. The summed E-state index contributed by atoms with van der Waals surface area (Å²) >= 11 is 6.04. The Kier molecular flexibility index (Phi) is 6.37. The summed E-state index contributed by atoms with van der Waals surface area (Å²) in [5, 5.41) is 16.0. The standard InChI is InChI=1S/C22H20ClN5O4/c1-30-17-8-7-14(13-18(17)31-2)21-26-25-19-9-10-20(27-28(19)21)32-12-11-24-22(29)15-5-3-4-6-16(15)23/h3-10,13H,11-12H2,1-2H3,(H,24,29). The highest BCUT2D eigenvalue weighted by molar-refractivity contribution is 6.33. The monoisotopic (exact) mass is 453 g/mol.